The average Bonchev–Trinajstić information content (AvgIpc) is 2.83. The van der Waals surface area contributed by atoms with E-state index in [-0.39, 0.29) is 5.69 Å². The van der Waals surface area contributed by atoms with Crippen molar-refractivity contribution in [3.8, 4) is 6.07 Å². The third-order valence-corrected chi connectivity index (χ3v) is 3.27. The van der Waals surface area contributed by atoms with E-state index in [2.05, 4.69) is 10.3 Å². The summed E-state index contributed by atoms with van der Waals surface area (Å²) in [6.45, 7) is 1.68. The van der Waals surface area contributed by atoms with Gasteiger partial charge in [-0.1, -0.05) is 12.1 Å². The van der Waals surface area contributed by atoms with Crippen LogP contribution in [0.1, 0.15) is 21.7 Å². The molecule has 0 saturated heterocycles. The molecule has 5 nitrogen and oxygen atoms in total. The van der Waals surface area contributed by atoms with E-state index >= 15 is 0 Å². The molecule has 0 radical (unpaired) electrons. The van der Waals surface area contributed by atoms with Crippen LogP contribution >= 0.6 is 0 Å². The fourth-order valence-electron chi connectivity index (χ4n) is 2.28. The van der Waals surface area contributed by atoms with Gasteiger partial charge in [-0.15, -0.1) is 0 Å². The lowest BCUT2D eigenvalue weighted by atomic mass is 10.2. The van der Waals surface area contributed by atoms with Crippen molar-refractivity contribution in [3.05, 3.63) is 65.4 Å². The summed E-state index contributed by atoms with van der Waals surface area (Å²) in [5.74, 6) is -0.908. The monoisotopic (exact) mass is 294 g/mol. The molecule has 108 valence electrons. The van der Waals surface area contributed by atoms with E-state index in [9.17, 15) is 9.18 Å². The second-order valence-corrected chi connectivity index (χ2v) is 4.73. The lowest BCUT2D eigenvalue weighted by Gasteiger charge is -2.07. The highest BCUT2D eigenvalue weighted by molar-refractivity contribution is 6.05. The molecule has 3 aromatic rings. The predicted molar refractivity (Wildman–Crippen MR) is 79.0 cm³/mol. The molecule has 6 heteroatoms. The van der Waals surface area contributed by atoms with Crippen LogP contribution in [0.4, 0.5) is 10.1 Å². The van der Waals surface area contributed by atoms with E-state index < -0.39 is 11.7 Å². The zero-order chi connectivity index (χ0) is 15.7. The maximum atomic E-state index is 13.4. The minimum absolute atomic E-state index is 0.238. The lowest BCUT2D eigenvalue weighted by Crippen LogP contribution is -2.16. The minimum atomic E-state index is -0.462. The Bertz CT molecular complexity index is 924. The zero-order valence-corrected chi connectivity index (χ0v) is 11.7. The molecule has 0 aliphatic rings. The number of amides is 1. The van der Waals surface area contributed by atoms with Crippen LogP contribution in [0.25, 0.3) is 5.65 Å². The van der Waals surface area contributed by atoms with Gasteiger partial charge in [0.15, 0.2) is 0 Å². The topological polar surface area (TPSA) is 70.2 Å². The smallest absolute Gasteiger partial charge is 0.274 e. The van der Waals surface area contributed by atoms with Crippen LogP contribution in [0.2, 0.25) is 0 Å². The van der Waals surface area contributed by atoms with E-state index in [0.717, 1.165) is 0 Å². The summed E-state index contributed by atoms with van der Waals surface area (Å²) in [6, 6.07) is 11.5. The maximum absolute atomic E-state index is 13.4. The molecule has 0 spiro atoms. The van der Waals surface area contributed by atoms with E-state index in [1.165, 1.54) is 22.7 Å². The van der Waals surface area contributed by atoms with Gasteiger partial charge in [-0.05, 0) is 31.2 Å². The first-order valence-electron chi connectivity index (χ1n) is 6.55. The molecule has 0 aliphatic heterocycles. The first-order valence-corrected chi connectivity index (χ1v) is 6.55. The van der Waals surface area contributed by atoms with Gasteiger partial charge in [0, 0.05) is 6.20 Å². The molecular formula is C16H11FN4O. The van der Waals surface area contributed by atoms with Crippen molar-refractivity contribution < 1.29 is 9.18 Å². The Morgan fingerprint density at radius 3 is 2.86 bits per heavy atom. The molecule has 2 aromatic heterocycles. The van der Waals surface area contributed by atoms with Crippen molar-refractivity contribution in [1.82, 2.24) is 9.38 Å². The number of benzene rings is 1. The van der Waals surface area contributed by atoms with Crippen LogP contribution in [0.15, 0.2) is 42.6 Å². The summed E-state index contributed by atoms with van der Waals surface area (Å²) in [7, 11) is 0. The zero-order valence-electron chi connectivity index (χ0n) is 11.7. The Labute approximate surface area is 125 Å². The Morgan fingerprint density at radius 1 is 1.32 bits per heavy atom. The van der Waals surface area contributed by atoms with Gasteiger partial charge in [-0.25, -0.2) is 9.37 Å². The molecule has 22 heavy (non-hydrogen) atoms. The molecule has 1 amide bonds. The van der Waals surface area contributed by atoms with Crippen LogP contribution in [-0.2, 0) is 0 Å². The Kier molecular flexibility index (Phi) is 3.31. The fraction of sp³-hybridized carbons (Fsp3) is 0.0625. The molecular weight excluding hydrogens is 283 g/mol. The lowest BCUT2D eigenvalue weighted by molar-refractivity contribution is 0.102. The van der Waals surface area contributed by atoms with E-state index in [0.29, 0.717) is 22.6 Å². The number of para-hydroxylation sites is 1. The van der Waals surface area contributed by atoms with Gasteiger partial charge in [-0.2, -0.15) is 5.26 Å². The van der Waals surface area contributed by atoms with E-state index in [4.69, 9.17) is 5.26 Å². The highest BCUT2D eigenvalue weighted by Gasteiger charge is 2.18. The summed E-state index contributed by atoms with van der Waals surface area (Å²) in [4.78, 5) is 16.7. The molecule has 3 rings (SSSR count). The highest BCUT2D eigenvalue weighted by atomic mass is 19.1. The number of carbonyl (C=O) groups is 1. The summed E-state index contributed by atoms with van der Waals surface area (Å²) in [5, 5.41) is 11.7. The number of halogens is 1. The molecule has 0 atom stereocenters. The van der Waals surface area contributed by atoms with Crippen molar-refractivity contribution in [1.29, 1.82) is 5.26 Å². The molecule has 2 heterocycles. The molecule has 0 saturated carbocycles. The van der Waals surface area contributed by atoms with Crippen molar-refractivity contribution in [3.63, 3.8) is 0 Å². The maximum Gasteiger partial charge on any atom is 0.274 e. The number of carbonyl (C=O) groups excluding carboxylic acids is 1. The van der Waals surface area contributed by atoms with Gasteiger partial charge < -0.3 is 5.32 Å². The van der Waals surface area contributed by atoms with Gasteiger partial charge in [0.25, 0.3) is 5.91 Å². The molecule has 0 fully saturated rings. The third kappa shape index (κ3) is 2.29. The number of aryl methyl sites for hydroxylation is 1. The van der Waals surface area contributed by atoms with Crippen molar-refractivity contribution >= 4 is 17.2 Å². The number of imidazole rings is 1. The fourth-order valence-corrected chi connectivity index (χ4v) is 2.28. The van der Waals surface area contributed by atoms with E-state index in [1.807, 2.05) is 6.07 Å². The average molecular weight is 294 g/mol. The Morgan fingerprint density at radius 2 is 2.09 bits per heavy atom. The van der Waals surface area contributed by atoms with E-state index in [1.54, 1.807) is 31.2 Å². The third-order valence-electron chi connectivity index (χ3n) is 3.27. The number of nitriles is 1. The largest absolute Gasteiger partial charge is 0.319 e. The van der Waals surface area contributed by atoms with Crippen LogP contribution < -0.4 is 5.32 Å². The number of hydrogen-bond acceptors (Lipinski definition) is 3. The number of hydrogen-bond donors (Lipinski definition) is 1. The SMILES string of the molecule is Cc1nc2ccc(F)cn2c1C(=O)Nc1ccccc1C#N. The van der Waals surface area contributed by atoms with Crippen LogP contribution in [0.5, 0.6) is 0 Å². The predicted octanol–water partition coefficient (Wildman–Crippen LogP) is 2.91. The number of anilines is 1. The van der Waals surface area contributed by atoms with Crippen LogP contribution in [-0.4, -0.2) is 15.3 Å². The second-order valence-electron chi connectivity index (χ2n) is 4.73. The van der Waals surface area contributed by atoms with Gasteiger partial charge in [0.1, 0.15) is 23.2 Å². The molecule has 1 N–H and O–H groups in total. The quantitative estimate of drug-likeness (QED) is 0.790. The second kappa shape index (κ2) is 5.30. The Hall–Kier alpha value is -3.20. The number of rotatable bonds is 2. The summed E-state index contributed by atoms with van der Waals surface area (Å²) >= 11 is 0. The van der Waals surface area contributed by atoms with Gasteiger partial charge in [0.05, 0.1) is 16.9 Å². The number of fused-ring (bicyclic) bond motifs is 1. The summed E-state index contributed by atoms with van der Waals surface area (Å²) in [5.41, 5.74) is 1.96. The number of nitrogens with zero attached hydrogens (tertiary/aromatic N) is 3. The van der Waals surface area contributed by atoms with Gasteiger partial charge in [-0.3, -0.25) is 9.20 Å². The molecule has 1 aromatic carbocycles. The van der Waals surface area contributed by atoms with Gasteiger partial charge >= 0.3 is 0 Å². The van der Waals surface area contributed by atoms with Crippen LogP contribution in [0.3, 0.4) is 0 Å². The normalized spacial score (nSPS) is 10.4. The molecule has 0 bridgehead atoms. The summed E-state index contributed by atoms with van der Waals surface area (Å²) < 4.78 is 14.8. The van der Waals surface area contributed by atoms with Crippen molar-refractivity contribution in [2.24, 2.45) is 0 Å². The molecule has 0 unspecified atom stereocenters. The first kappa shape index (κ1) is 13.8. The highest BCUT2D eigenvalue weighted by Crippen LogP contribution is 2.18. The first-order chi connectivity index (χ1) is 10.6. The number of nitrogens with one attached hydrogen (secondary N) is 1. The van der Waals surface area contributed by atoms with Crippen LogP contribution in [0, 0.1) is 24.1 Å². The minimum Gasteiger partial charge on any atom is -0.319 e. The standard InChI is InChI=1S/C16H11FN4O/c1-10-15(21-9-12(17)6-7-14(21)19-10)16(22)20-13-5-3-2-4-11(13)8-18/h2-7,9H,1H3,(H,20,22). The number of aromatic nitrogens is 2. The number of pyridine rings is 1. The Balaban J connectivity index is 2.04. The van der Waals surface area contributed by atoms with Gasteiger partial charge in [0.2, 0.25) is 0 Å². The summed E-state index contributed by atoms with van der Waals surface area (Å²) in [6.07, 6.45) is 1.21. The van der Waals surface area contributed by atoms with Crippen molar-refractivity contribution in [2.75, 3.05) is 5.32 Å². The van der Waals surface area contributed by atoms with Crippen molar-refractivity contribution in [2.45, 2.75) is 6.92 Å². The molecule has 0 aliphatic carbocycles.